The number of hydrogen-bond donors (Lipinski definition) is 2. The Morgan fingerprint density at radius 3 is 2.56 bits per heavy atom. The van der Waals surface area contributed by atoms with Crippen molar-refractivity contribution in [1.82, 2.24) is 15.5 Å². The van der Waals surface area contributed by atoms with Crippen LogP contribution in [0, 0.1) is 11.8 Å². The summed E-state index contributed by atoms with van der Waals surface area (Å²) in [6, 6.07) is 0. The van der Waals surface area contributed by atoms with Gasteiger partial charge in [-0.3, -0.25) is 15.0 Å². The third-order valence-electron chi connectivity index (χ3n) is 3.26. The molecule has 16 heavy (non-hydrogen) atoms. The van der Waals surface area contributed by atoms with E-state index in [9.17, 15) is 9.59 Å². The average Bonchev–Trinajstić information content (AvgIpc) is 2.77. The normalized spacial score (nSPS) is 28.8. The van der Waals surface area contributed by atoms with E-state index in [1.54, 1.807) is 0 Å². The molecule has 0 aromatic carbocycles. The third kappa shape index (κ3) is 2.51. The van der Waals surface area contributed by atoms with E-state index in [2.05, 4.69) is 20.3 Å². The predicted octanol–water partition coefficient (Wildman–Crippen LogP) is -0.980. The first-order valence-corrected chi connectivity index (χ1v) is 5.50. The van der Waals surface area contributed by atoms with Crippen LogP contribution in [-0.4, -0.2) is 56.7 Å². The molecule has 2 unspecified atom stereocenters. The standard InChI is InChI=1S/C10H17N3O3/c1-16-10(15)12-9(14)6-13-4-7-2-11-3-8(7)5-13/h7-8,11H,2-6H2,1H3,(H,12,14,15). The summed E-state index contributed by atoms with van der Waals surface area (Å²) in [5.74, 6) is 1.02. The Kier molecular flexibility index (Phi) is 3.40. The van der Waals surface area contributed by atoms with E-state index in [1.165, 1.54) is 7.11 Å². The highest BCUT2D eigenvalue weighted by atomic mass is 16.5. The summed E-state index contributed by atoms with van der Waals surface area (Å²) in [7, 11) is 1.24. The summed E-state index contributed by atoms with van der Waals surface area (Å²) in [4.78, 5) is 24.3. The number of carbonyl (C=O) groups excluding carboxylic acids is 2. The summed E-state index contributed by atoms with van der Waals surface area (Å²) in [6.07, 6.45) is -0.689. The molecule has 2 atom stereocenters. The lowest BCUT2D eigenvalue weighted by Crippen LogP contribution is -2.40. The molecule has 0 aromatic heterocycles. The van der Waals surface area contributed by atoms with Crippen molar-refractivity contribution in [3.05, 3.63) is 0 Å². The predicted molar refractivity (Wildman–Crippen MR) is 56.8 cm³/mol. The van der Waals surface area contributed by atoms with Crippen LogP contribution in [0.1, 0.15) is 0 Å². The molecule has 2 fully saturated rings. The van der Waals surface area contributed by atoms with Gasteiger partial charge in [-0.2, -0.15) is 0 Å². The lowest BCUT2D eigenvalue weighted by Gasteiger charge is -2.15. The van der Waals surface area contributed by atoms with Gasteiger partial charge < -0.3 is 10.1 Å². The summed E-state index contributed by atoms with van der Waals surface area (Å²) >= 11 is 0. The number of rotatable bonds is 2. The van der Waals surface area contributed by atoms with Gasteiger partial charge >= 0.3 is 6.09 Å². The first-order chi connectivity index (χ1) is 7.69. The molecular weight excluding hydrogens is 210 g/mol. The SMILES string of the molecule is COC(=O)NC(=O)CN1CC2CNCC2C1. The molecular formula is C10H17N3O3. The number of nitrogens with zero attached hydrogens (tertiary/aromatic N) is 1. The fourth-order valence-electron chi connectivity index (χ4n) is 2.49. The molecule has 6 nitrogen and oxygen atoms in total. The second-order valence-corrected chi connectivity index (χ2v) is 4.41. The molecule has 0 saturated carbocycles. The van der Waals surface area contributed by atoms with Gasteiger partial charge in [0.2, 0.25) is 5.91 Å². The zero-order chi connectivity index (χ0) is 11.5. The van der Waals surface area contributed by atoms with Crippen molar-refractivity contribution in [1.29, 1.82) is 0 Å². The summed E-state index contributed by atoms with van der Waals surface area (Å²) in [5.41, 5.74) is 0. The fraction of sp³-hybridized carbons (Fsp3) is 0.800. The zero-order valence-corrected chi connectivity index (χ0v) is 9.36. The number of ether oxygens (including phenoxy) is 1. The minimum Gasteiger partial charge on any atom is -0.453 e. The van der Waals surface area contributed by atoms with Gasteiger partial charge in [-0.05, 0) is 24.9 Å². The zero-order valence-electron chi connectivity index (χ0n) is 9.36. The second kappa shape index (κ2) is 4.80. The van der Waals surface area contributed by atoms with Gasteiger partial charge in [0, 0.05) is 13.1 Å². The number of imide groups is 1. The number of carbonyl (C=O) groups is 2. The molecule has 0 bridgehead atoms. The van der Waals surface area contributed by atoms with Crippen molar-refractivity contribution in [3.8, 4) is 0 Å². The lowest BCUT2D eigenvalue weighted by molar-refractivity contribution is -0.121. The summed E-state index contributed by atoms with van der Waals surface area (Å²) in [5, 5.41) is 5.50. The minimum atomic E-state index is -0.689. The Morgan fingerprint density at radius 1 is 1.38 bits per heavy atom. The largest absolute Gasteiger partial charge is 0.453 e. The highest BCUT2D eigenvalue weighted by Gasteiger charge is 2.36. The molecule has 6 heteroatoms. The molecule has 0 aliphatic carbocycles. The van der Waals surface area contributed by atoms with E-state index in [0.717, 1.165) is 26.2 Å². The molecule has 0 aromatic rings. The van der Waals surface area contributed by atoms with Crippen molar-refractivity contribution in [2.75, 3.05) is 39.8 Å². The lowest BCUT2D eigenvalue weighted by atomic mass is 10.0. The molecule has 90 valence electrons. The highest BCUT2D eigenvalue weighted by Crippen LogP contribution is 2.25. The van der Waals surface area contributed by atoms with Crippen LogP contribution < -0.4 is 10.6 Å². The highest BCUT2D eigenvalue weighted by molar-refractivity contribution is 5.92. The van der Waals surface area contributed by atoms with E-state index in [1.807, 2.05) is 0 Å². The van der Waals surface area contributed by atoms with Gasteiger partial charge in [-0.1, -0.05) is 0 Å². The van der Waals surface area contributed by atoms with Crippen LogP contribution in [0.25, 0.3) is 0 Å². The van der Waals surface area contributed by atoms with Gasteiger partial charge in [0.25, 0.3) is 0 Å². The molecule has 0 radical (unpaired) electrons. The van der Waals surface area contributed by atoms with Crippen LogP contribution in [0.4, 0.5) is 4.79 Å². The molecule has 2 N–H and O–H groups in total. The summed E-state index contributed by atoms with van der Waals surface area (Å²) in [6.45, 7) is 4.24. The third-order valence-corrected chi connectivity index (χ3v) is 3.26. The van der Waals surface area contributed by atoms with E-state index in [0.29, 0.717) is 11.8 Å². The quantitative estimate of drug-likeness (QED) is 0.634. The number of likely N-dealkylation sites (tertiary alicyclic amines) is 1. The number of hydrogen-bond acceptors (Lipinski definition) is 5. The van der Waals surface area contributed by atoms with Crippen LogP contribution in [0.5, 0.6) is 0 Å². The maximum absolute atomic E-state index is 11.4. The smallest absolute Gasteiger partial charge is 0.413 e. The molecule has 2 heterocycles. The minimum absolute atomic E-state index is 0.280. The monoisotopic (exact) mass is 227 g/mol. The molecule has 0 spiro atoms. The van der Waals surface area contributed by atoms with Gasteiger partial charge in [0.15, 0.2) is 0 Å². The van der Waals surface area contributed by atoms with E-state index in [4.69, 9.17) is 0 Å². The first kappa shape index (κ1) is 11.3. The maximum Gasteiger partial charge on any atom is 0.413 e. The number of nitrogens with one attached hydrogen (secondary N) is 2. The Morgan fingerprint density at radius 2 is 2.00 bits per heavy atom. The van der Waals surface area contributed by atoms with Crippen molar-refractivity contribution in [2.45, 2.75) is 0 Å². The van der Waals surface area contributed by atoms with Gasteiger partial charge in [0.1, 0.15) is 0 Å². The van der Waals surface area contributed by atoms with Crippen molar-refractivity contribution in [3.63, 3.8) is 0 Å². The average molecular weight is 227 g/mol. The fourth-order valence-corrected chi connectivity index (χ4v) is 2.49. The topological polar surface area (TPSA) is 70.7 Å². The Bertz CT molecular complexity index is 283. The van der Waals surface area contributed by atoms with E-state index < -0.39 is 6.09 Å². The van der Waals surface area contributed by atoms with Gasteiger partial charge in [0.05, 0.1) is 13.7 Å². The molecule has 2 aliphatic rings. The van der Waals surface area contributed by atoms with Crippen LogP contribution in [0.2, 0.25) is 0 Å². The van der Waals surface area contributed by atoms with Crippen molar-refractivity contribution >= 4 is 12.0 Å². The number of fused-ring (bicyclic) bond motifs is 1. The molecule has 2 amide bonds. The second-order valence-electron chi connectivity index (χ2n) is 4.41. The van der Waals surface area contributed by atoms with E-state index >= 15 is 0 Å². The van der Waals surface area contributed by atoms with Crippen LogP contribution in [0.3, 0.4) is 0 Å². The molecule has 2 rings (SSSR count). The van der Waals surface area contributed by atoms with Gasteiger partial charge in [-0.15, -0.1) is 0 Å². The molecule has 2 saturated heterocycles. The van der Waals surface area contributed by atoms with Crippen LogP contribution in [-0.2, 0) is 9.53 Å². The van der Waals surface area contributed by atoms with Crippen LogP contribution >= 0.6 is 0 Å². The maximum atomic E-state index is 11.4. The summed E-state index contributed by atoms with van der Waals surface area (Å²) < 4.78 is 4.36. The van der Waals surface area contributed by atoms with Gasteiger partial charge in [-0.25, -0.2) is 4.79 Å². The number of amides is 2. The molecule has 2 aliphatic heterocycles. The van der Waals surface area contributed by atoms with E-state index in [-0.39, 0.29) is 12.5 Å². The first-order valence-electron chi connectivity index (χ1n) is 5.50. The van der Waals surface area contributed by atoms with Crippen molar-refractivity contribution < 1.29 is 14.3 Å². The van der Waals surface area contributed by atoms with Crippen molar-refractivity contribution in [2.24, 2.45) is 11.8 Å². The Hall–Kier alpha value is -1.14. The number of methoxy groups -OCH3 is 1. The number of alkyl carbamates (subject to hydrolysis) is 1. The Balaban J connectivity index is 1.74. The van der Waals surface area contributed by atoms with Crippen LogP contribution in [0.15, 0.2) is 0 Å². The Labute approximate surface area is 94.3 Å².